The highest BCUT2D eigenvalue weighted by Gasteiger charge is 2.26. The van der Waals surface area contributed by atoms with Crippen molar-refractivity contribution in [2.45, 2.75) is 25.3 Å². The molecule has 0 amide bonds. The molecule has 0 aliphatic heterocycles. The molecule has 0 spiro atoms. The van der Waals surface area contributed by atoms with Crippen LogP contribution in [0, 0.1) is 0 Å². The highest BCUT2D eigenvalue weighted by Crippen LogP contribution is 2.34. The van der Waals surface area contributed by atoms with E-state index in [1.807, 2.05) is 6.07 Å². The maximum Gasteiger partial charge on any atom is 0.291 e. The molecular formula is C16H16Cl3N3O2. The number of hydrogen-bond acceptors (Lipinski definition) is 4. The first-order valence-electron chi connectivity index (χ1n) is 7.63. The van der Waals surface area contributed by atoms with Crippen molar-refractivity contribution < 1.29 is 5.11 Å². The van der Waals surface area contributed by atoms with Crippen molar-refractivity contribution in [1.29, 1.82) is 0 Å². The topological polar surface area (TPSA) is 58.4 Å². The molecule has 1 fully saturated rings. The summed E-state index contributed by atoms with van der Waals surface area (Å²) in [5.41, 5.74) is 0.844. The molecule has 5 nitrogen and oxygen atoms in total. The van der Waals surface area contributed by atoms with Crippen LogP contribution in [0.3, 0.4) is 0 Å². The molecule has 1 N–H and O–H groups in total. The van der Waals surface area contributed by atoms with E-state index in [-0.39, 0.29) is 16.7 Å². The fourth-order valence-corrected chi connectivity index (χ4v) is 3.30. The number of hydrogen-bond donors (Lipinski definition) is 1. The van der Waals surface area contributed by atoms with Crippen LogP contribution in [0.15, 0.2) is 29.2 Å². The third-order valence-electron chi connectivity index (χ3n) is 4.22. The summed E-state index contributed by atoms with van der Waals surface area (Å²) < 4.78 is 1.16. The van der Waals surface area contributed by atoms with Crippen molar-refractivity contribution >= 4 is 40.5 Å². The number of rotatable bonds is 5. The summed E-state index contributed by atoms with van der Waals surface area (Å²) in [6, 6.07) is 5.65. The molecule has 24 heavy (non-hydrogen) atoms. The van der Waals surface area contributed by atoms with Gasteiger partial charge < -0.3 is 10.0 Å². The lowest BCUT2D eigenvalue weighted by atomic mass is 9.91. The molecule has 3 rings (SSSR count). The van der Waals surface area contributed by atoms with E-state index in [1.165, 1.54) is 12.6 Å². The van der Waals surface area contributed by atoms with Gasteiger partial charge in [0.05, 0.1) is 34.2 Å². The smallest absolute Gasteiger partial charge is 0.291 e. The highest BCUT2D eigenvalue weighted by molar-refractivity contribution is 6.41. The van der Waals surface area contributed by atoms with Crippen LogP contribution >= 0.6 is 34.8 Å². The normalized spacial score (nSPS) is 14.5. The Hall–Kier alpha value is -1.27. The average Bonchev–Trinajstić information content (AvgIpc) is 2.51. The molecule has 0 unspecified atom stereocenters. The minimum absolute atomic E-state index is 0.0579. The molecular weight excluding hydrogens is 373 g/mol. The molecule has 1 aliphatic rings. The summed E-state index contributed by atoms with van der Waals surface area (Å²) in [6.07, 6.45) is 4.68. The SMILES string of the molecule is O=c1c(Cl)c(Cl)cnn1-c1ccc(N(CCO)C2CCC2)c(Cl)c1. The molecule has 1 aromatic carbocycles. The number of aliphatic hydroxyl groups is 1. The van der Waals surface area contributed by atoms with Crippen molar-refractivity contribution in [2.75, 3.05) is 18.1 Å². The quantitative estimate of drug-likeness (QED) is 0.851. The monoisotopic (exact) mass is 387 g/mol. The van der Waals surface area contributed by atoms with E-state index in [2.05, 4.69) is 10.00 Å². The van der Waals surface area contributed by atoms with E-state index >= 15 is 0 Å². The van der Waals surface area contributed by atoms with Crippen LogP contribution < -0.4 is 10.5 Å². The summed E-state index contributed by atoms with van der Waals surface area (Å²) in [6.45, 7) is 0.580. The maximum absolute atomic E-state index is 12.2. The summed E-state index contributed by atoms with van der Waals surface area (Å²) in [5, 5.41) is 13.8. The first kappa shape index (κ1) is 17.5. The van der Waals surface area contributed by atoms with Gasteiger partial charge in [-0.3, -0.25) is 4.79 Å². The number of aromatic nitrogens is 2. The van der Waals surface area contributed by atoms with Gasteiger partial charge in [0.2, 0.25) is 0 Å². The standard InChI is InChI=1S/C16H16Cl3N3O2/c17-12-8-11(22-16(24)15(19)13(18)9-20-22)4-5-14(12)21(6-7-23)10-2-1-3-10/h4-5,8-10,23H,1-3,6-7H2. The van der Waals surface area contributed by atoms with Crippen LogP contribution in [-0.2, 0) is 0 Å². The van der Waals surface area contributed by atoms with Crippen molar-refractivity contribution in [3.63, 3.8) is 0 Å². The molecule has 1 aliphatic carbocycles. The van der Waals surface area contributed by atoms with Gasteiger partial charge in [-0.05, 0) is 37.5 Å². The van der Waals surface area contributed by atoms with Gasteiger partial charge in [0.25, 0.3) is 5.56 Å². The minimum Gasteiger partial charge on any atom is -0.395 e. The van der Waals surface area contributed by atoms with E-state index < -0.39 is 5.56 Å². The fraction of sp³-hybridized carbons (Fsp3) is 0.375. The van der Waals surface area contributed by atoms with Crippen LogP contribution in [0.1, 0.15) is 19.3 Å². The van der Waals surface area contributed by atoms with Crippen molar-refractivity contribution in [3.8, 4) is 5.69 Å². The Labute approximate surface area is 154 Å². The molecule has 0 radical (unpaired) electrons. The molecule has 2 aromatic rings. The van der Waals surface area contributed by atoms with Crippen molar-refractivity contribution in [3.05, 3.63) is 49.8 Å². The first-order chi connectivity index (χ1) is 11.5. The van der Waals surface area contributed by atoms with Gasteiger partial charge in [0, 0.05) is 12.6 Å². The second-order valence-corrected chi connectivity index (χ2v) is 6.85. The Balaban J connectivity index is 1.98. The summed E-state index contributed by atoms with van der Waals surface area (Å²) in [7, 11) is 0. The Kier molecular flexibility index (Phi) is 5.35. The Bertz CT molecular complexity index is 806. The summed E-state index contributed by atoms with van der Waals surface area (Å²) in [5.74, 6) is 0. The minimum atomic E-state index is -0.501. The maximum atomic E-state index is 12.2. The molecule has 0 atom stereocenters. The Morgan fingerprint density at radius 3 is 2.58 bits per heavy atom. The van der Waals surface area contributed by atoms with Gasteiger partial charge in [-0.25, -0.2) is 0 Å². The van der Waals surface area contributed by atoms with Crippen LogP contribution in [0.2, 0.25) is 15.1 Å². The van der Waals surface area contributed by atoms with Gasteiger partial charge in [0.15, 0.2) is 0 Å². The lowest BCUT2D eigenvalue weighted by Crippen LogP contribution is -2.42. The van der Waals surface area contributed by atoms with E-state index in [9.17, 15) is 9.90 Å². The van der Waals surface area contributed by atoms with Crippen LogP contribution in [0.4, 0.5) is 5.69 Å². The molecule has 8 heteroatoms. The number of halogens is 3. The number of anilines is 1. The highest BCUT2D eigenvalue weighted by atomic mass is 35.5. The Morgan fingerprint density at radius 1 is 1.25 bits per heavy atom. The zero-order valence-electron chi connectivity index (χ0n) is 12.8. The van der Waals surface area contributed by atoms with Gasteiger partial charge in [-0.1, -0.05) is 34.8 Å². The Morgan fingerprint density at radius 2 is 2.00 bits per heavy atom. The molecule has 1 heterocycles. The van der Waals surface area contributed by atoms with Gasteiger partial charge >= 0.3 is 0 Å². The predicted molar refractivity (Wildman–Crippen MR) is 96.9 cm³/mol. The van der Waals surface area contributed by atoms with Crippen LogP contribution in [0.25, 0.3) is 5.69 Å². The van der Waals surface area contributed by atoms with Gasteiger partial charge in [-0.2, -0.15) is 9.78 Å². The molecule has 1 saturated carbocycles. The van der Waals surface area contributed by atoms with E-state index in [4.69, 9.17) is 34.8 Å². The van der Waals surface area contributed by atoms with E-state index in [0.717, 1.165) is 23.2 Å². The second-order valence-electron chi connectivity index (χ2n) is 5.66. The van der Waals surface area contributed by atoms with Crippen molar-refractivity contribution in [2.24, 2.45) is 0 Å². The lowest BCUT2D eigenvalue weighted by molar-refractivity contribution is 0.283. The third kappa shape index (κ3) is 3.26. The average molecular weight is 389 g/mol. The number of benzene rings is 1. The zero-order chi connectivity index (χ0) is 17.3. The van der Waals surface area contributed by atoms with Crippen LogP contribution in [0.5, 0.6) is 0 Å². The van der Waals surface area contributed by atoms with Gasteiger partial charge in [-0.15, -0.1) is 0 Å². The second kappa shape index (κ2) is 7.31. The summed E-state index contributed by atoms with van der Waals surface area (Å²) in [4.78, 5) is 14.3. The molecule has 0 bridgehead atoms. The number of nitrogens with zero attached hydrogens (tertiary/aromatic N) is 3. The van der Waals surface area contributed by atoms with E-state index in [0.29, 0.717) is 23.3 Å². The molecule has 128 valence electrons. The van der Waals surface area contributed by atoms with Crippen LogP contribution in [-0.4, -0.2) is 34.1 Å². The zero-order valence-corrected chi connectivity index (χ0v) is 15.0. The number of aliphatic hydroxyl groups excluding tert-OH is 1. The van der Waals surface area contributed by atoms with Gasteiger partial charge in [0.1, 0.15) is 5.02 Å². The first-order valence-corrected chi connectivity index (χ1v) is 8.77. The largest absolute Gasteiger partial charge is 0.395 e. The fourth-order valence-electron chi connectivity index (χ4n) is 2.76. The van der Waals surface area contributed by atoms with Crippen molar-refractivity contribution in [1.82, 2.24) is 9.78 Å². The summed E-state index contributed by atoms with van der Waals surface area (Å²) >= 11 is 18.1. The van der Waals surface area contributed by atoms with E-state index in [1.54, 1.807) is 12.1 Å². The third-order valence-corrected chi connectivity index (χ3v) is 5.27. The lowest BCUT2D eigenvalue weighted by Gasteiger charge is -2.39. The molecule has 1 aromatic heterocycles. The molecule has 0 saturated heterocycles. The predicted octanol–water partition coefficient (Wildman–Crippen LogP) is 3.54.